The Hall–Kier alpha value is -1.45. The monoisotopic (exact) mass is 296 g/mol. The van der Waals surface area contributed by atoms with Crippen molar-refractivity contribution < 1.29 is 27.0 Å². The molecule has 6 nitrogen and oxygen atoms in total. The van der Waals surface area contributed by atoms with Gasteiger partial charge >= 0.3 is 0 Å². The molecule has 1 aromatic rings. The minimum Gasteiger partial charge on any atom is -0.495 e. The molecule has 0 unspecified atom stereocenters. The molecule has 0 heterocycles. The number of halogens is 2. The molecule has 0 bridgehead atoms. The highest BCUT2D eigenvalue weighted by molar-refractivity contribution is 7.89. The number of nitrogen functional groups attached to an aromatic ring is 1. The van der Waals surface area contributed by atoms with Gasteiger partial charge in [0.1, 0.15) is 17.3 Å². The van der Waals surface area contributed by atoms with Crippen molar-refractivity contribution in [3.63, 3.8) is 0 Å². The van der Waals surface area contributed by atoms with Crippen LogP contribution >= 0.6 is 0 Å². The lowest BCUT2D eigenvalue weighted by atomic mass is 10.3. The SMILES string of the molecule is COc1ccc(N)cc1S(=O)(=O)NCC(F)(F)CO. The van der Waals surface area contributed by atoms with E-state index in [4.69, 9.17) is 15.6 Å². The molecule has 0 fully saturated rings. The van der Waals surface area contributed by atoms with Crippen molar-refractivity contribution in [3.8, 4) is 5.75 Å². The molecule has 0 saturated heterocycles. The Kier molecular flexibility index (Phi) is 4.66. The van der Waals surface area contributed by atoms with E-state index in [1.165, 1.54) is 19.2 Å². The summed E-state index contributed by atoms with van der Waals surface area (Å²) in [5, 5.41) is 8.38. The van der Waals surface area contributed by atoms with Gasteiger partial charge in [0.25, 0.3) is 5.92 Å². The molecule has 0 aromatic heterocycles. The van der Waals surface area contributed by atoms with E-state index in [0.29, 0.717) is 0 Å². The summed E-state index contributed by atoms with van der Waals surface area (Å²) < 4.78 is 55.9. The van der Waals surface area contributed by atoms with Crippen molar-refractivity contribution in [2.45, 2.75) is 10.8 Å². The van der Waals surface area contributed by atoms with Gasteiger partial charge in [-0.15, -0.1) is 0 Å². The number of aliphatic hydroxyl groups is 1. The predicted octanol–water partition coefficient (Wildman–Crippen LogP) is 0.183. The fourth-order valence-electron chi connectivity index (χ4n) is 1.24. The average molecular weight is 296 g/mol. The molecule has 0 aliphatic carbocycles. The van der Waals surface area contributed by atoms with Crippen molar-refractivity contribution in [3.05, 3.63) is 18.2 Å². The van der Waals surface area contributed by atoms with Gasteiger partial charge in [0, 0.05) is 5.69 Å². The maximum atomic E-state index is 12.8. The van der Waals surface area contributed by atoms with Crippen LogP contribution in [0.1, 0.15) is 0 Å². The number of hydrogen-bond donors (Lipinski definition) is 3. The van der Waals surface area contributed by atoms with Gasteiger partial charge in [0.15, 0.2) is 0 Å². The van der Waals surface area contributed by atoms with Gasteiger partial charge < -0.3 is 15.6 Å². The van der Waals surface area contributed by atoms with Gasteiger partial charge in [-0.1, -0.05) is 0 Å². The van der Waals surface area contributed by atoms with Gasteiger partial charge in [-0.3, -0.25) is 0 Å². The number of methoxy groups -OCH3 is 1. The van der Waals surface area contributed by atoms with Crippen LogP contribution in [0.15, 0.2) is 23.1 Å². The number of sulfonamides is 1. The molecule has 108 valence electrons. The standard InChI is InChI=1S/C10H14F2N2O4S/c1-18-8-3-2-7(13)4-9(8)19(16,17)14-5-10(11,12)6-15/h2-4,14-15H,5-6,13H2,1H3. The third-order valence-corrected chi connectivity index (χ3v) is 3.65. The minimum absolute atomic E-state index is 0.0194. The fourth-order valence-corrected chi connectivity index (χ4v) is 2.50. The average Bonchev–Trinajstić information content (AvgIpc) is 2.37. The lowest BCUT2D eigenvalue weighted by molar-refractivity contribution is -0.0437. The lowest BCUT2D eigenvalue weighted by Gasteiger charge is -2.15. The molecule has 0 radical (unpaired) electrons. The Bertz CT molecular complexity index is 548. The Morgan fingerprint density at radius 2 is 2.11 bits per heavy atom. The summed E-state index contributed by atoms with van der Waals surface area (Å²) in [6.45, 7) is -2.67. The number of alkyl halides is 2. The van der Waals surface area contributed by atoms with Crippen LogP contribution in [0.5, 0.6) is 5.75 Å². The normalized spacial score (nSPS) is 12.4. The predicted molar refractivity (Wildman–Crippen MR) is 64.6 cm³/mol. The van der Waals surface area contributed by atoms with Crippen molar-refractivity contribution in [1.82, 2.24) is 4.72 Å². The van der Waals surface area contributed by atoms with Gasteiger partial charge in [-0.05, 0) is 18.2 Å². The molecule has 0 amide bonds. The molecule has 0 atom stereocenters. The van der Waals surface area contributed by atoms with Crippen LogP contribution < -0.4 is 15.2 Å². The van der Waals surface area contributed by atoms with E-state index in [-0.39, 0.29) is 16.3 Å². The summed E-state index contributed by atoms with van der Waals surface area (Å²) in [5.74, 6) is -3.56. The van der Waals surface area contributed by atoms with Crippen LogP contribution in [0.25, 0.3) is 0 Å². The molecule has 19 heavy (non-hydrogen) atoms. The van der Waals surface area contributed by atoms with Crippen molar-refractivity contribution in [2.75, 3.05) is 26.0 Å². The van der Waals surface area contributed by atoms with Gasteiger partial charge in [-0.25, -0.2) is 21.9 Å². The molecule has 0 aliphatic rings. The Morgan fingerprint density at radius 3 is 2.63 bits per heavy atom. The molecule has 0 spiro atoms. The van der Waals surface area contributed by atoms with Crippen LogP contribution in [0.2, 0.25) is 0 Å². The smallest absolute Gasteiger partial charge is 0.283 e. The van der Waals surface area contributed by atoms with E-state index in [1.54, 1.807) is 4.72 Å². The highest BCUT2D eigenvalue weighted by Crippen LogP contribution is 2.26. The Morgan fingerprint density at radius 1 is 1.47 bits per heavy atom. The van der Waals surface area contributed by atoms with E-state index in [0.717, 1.165) is 6.07 Å². The molecular weight excluding hydrogens is 282 g/mol. The number of nitrogens with one attached hydrogen (secondary N) is 1. The number of aliphatic hydroxyl groups excluding tert-OH is 1. The highest BCUT2D eigenvalue weighted by Gasteiger charge is 2.31. The summed E-state index contributed by atoms with van der Waals surface area (Å²) in [6, 6.07) is 3.83. The van der Waals surface area contributed by atoms with Crippen LogP contribution in [0, 0.1) is 0 Å². The first-order valence-corrected chi connectivity index (χ1v) is 6.62. The van der Waals surface area contributed by atoms with E-state index in [1.807, 2.05) is 0 Å². The Labute approximate surface area is 109 Å². The topological polar surface area (TPSA) is 102 Å². The van der Waals surface area contributed by atoms with Crippen LogP contribution in [-0.4, -0.2) is 39.7 Å². The largest absolute Gasteiger partial charge is 0.495 e. The second kappa shape index (κ2) is 5.68. The fraction of sp³-hybridized carbons (Fsp3) is 0.400. The molecule has 9 heteroatoms. The zero-order valence-corrected chi connectivity index (χ0v) is 10.9. The van der Waals surface area contributed by atoms with Gasteiger partial charge in [0.2, 0.25) is 10.0 Å². The number of nitrogens with two attached hydrogens (primary N) is 1. The summed E-state index contributed by atoms with van der Waals surface area (Å²) >= 11 is 0. The van der Waals surface area contributed by atoms with Crippen LogP contribution in [0.4, 0.5) is 14.5 Å². The first-order valence-electron chi connectivity index (χ1n) is 5.14. The van der Waals surface area contributed by atoms with E-state index in [9.17, 15) is 17.2 Å². The second-order valence-corrected chi connectivity index (χ2v) is 5.48. The van der Waals surface area contributed by atoms with E-state index < -0.39 is 29.1 Å². The Balaban J connectivity index is 3.04. The first-order chi connectivity index (χ1) is 8.72. The summed E-state index contributed by atoms with van der Waals surface area (Å²) in [7, 11) is -2.97. The number of ether oxygens (including phenoxy) is 1. The molecular formula is C10H14F2N2O4S. The number of benzene rings is 1. The van der Waals surface area contributed by atoms with Crippen molar-refractivity contribution in [2.24, 2.45) is 0 Å². The molecule has 1 aromatic carbocycles. The van der Waals surface area contributed by atoms with Crippen LogP contribution in [-0.2, 0) is 10.0 Å². The lowest BCUT2D eigenvalue weighted by Crippen LogP contribution is -2.39. The molecule has 0 saturated carbocycles. The summed E-state index contributed by atoms with van der Waals surface area (Å²) in [4.78, 5) is -0.344. The summed E-state index contributed by atoms with van der Waals surface area (Å²) in [6.07, 6.45) is 0. The zero-order chi connectivity index (χ0) is 14.7. The minimum atomic E-state index is -4.21. The van der Waals surface area contributed by atoms with E-state index >= 15 is 0 Å². The molecule has 0 aliphatic heterocycles. The molecule has 1 rings (SSSR count). The maximum Gasteiger partial charge on any atom is 0.283 e. The maximum absolute atomic E-state index is 12.8. The zero-order valence-electron chi connectivity index (χ0n) is 10.1. The highest BCUT2D eigenvalue weighted by atomic mass is 32.2. The first kappa shape index (κ1) is 15.6. The number of anilines is 1. The summed E-state index contributed by atoms with van der Waals surface area (Å²) in [5.41, 5.74) is 5.60. The third kappa shape index (κ3) is 4.01. The number of rotatable bonds is 6. The second-order valence-electron chi connectivity index (χ2n) is 3.75. The van der Waals surface area contributed by atoms with Crippen molar-refractivity contribution in [1.29, 1.82) is 0 Å². The van der Waals surface area contributed by atoms with Gasteiger partial charge in [0.05, 0.1) is 13.7 Å². The van der Waals surface area contributed by atoms with E-state index in [2.05, 4.69) is 0 Å². The van der Waals surface area contributed by atoms with Gasteiger partial charge in [-0.2, -0.15) is 0 Å². The van der Waals surface area contributed by atoms with Crippen LogP contribution in [0.3, 0.4) is 0 Å². The third-order valence-electron chi connectivity index (χ3n) is 2.23. The number of hydrogen-bond acceptors (Lipinski definition) is 5. The van der Waals surface area contributed by atoms with Crippen molar-refractivity contribution >= 4 is 15.7 Å². The quantitative estimate of drug-likeness (QED) is 0.650. The molecule has 4 N–H and O–H groups in total.